The van der Waals surface area contributed by atoms with Crippen molar-refractivity contribution in [3.05, 3.63) is 58.9 Å². The van der Waals surface area contributed by atoms with Gasteiger partial charge in [0.25, 0.3) is 5.91 Å². The summed E-state index contributed by atoms with van der Waals surface area (Å²) in [4.78, 5) is 12.1. The van der Waals surface area contributed by atoms with Gasteiger partial charge in [-0.3, -0.25) is 4.79 Å². The van der Waals surface area contributed by atoms with Crippen LogP contribution in [0, 0.1) is 5.82 Å². The Kier molecular flexibility index (Phi) is 2.57. The zero-order valence-electron chi connectivity index (χ0n) is 11.2. The average Bonchev–Trinajstić information content (AvgIpc) is 3.04. The molecule has 0 aliphatic carbocycles. The molecule has 0 atom stereocenters. The van der Waals surface area contributed by atoms with Crippen LogP contribution in [-0.2, 0) is 11.2 Å². The molecule has 0 unspecified atom stereocenters. The Hall–Kier alpha value is -2.62. The highest BCUT2D eigenvalue weighted by atomic mass is 19.1. The normalized spacial score (nSPS) is 17.4. The van der Waals surface area contributed by atoms with E-state index in [1.54, 1.807) is 12.1 Å². The maximum atomic E-state index is 13.4. The molecule has 2 aromatic carbocycles. The fourth-order valence-corrected chi connectivity index (χ4v) is 2.77. The van der Waals surface area contributed by atoms with Crippen molar-refractivity contribution in [1.82, 2.24) is 0 Å². The van der Waals surface area contributed by atoms with Gasteiger partial charge in [0.2, 0.25) is 0 Å². The number of ether oxygens (including phenoxy) is 1. The largest absolute Gasteiger partial charge is 0.493 e. The number of rotatable bonds is 1. The summed E-state index contributed by atoms with van der Waals surface area (Å²) in [6.45, 7) is 0.698. The van der Waals surface area contributed by atoms with Crippen molar-refractivity contribution >= 4 is 23.2 Å². The number of halogens is 1. The van der Waals surface area contributed by atoms with Gasteiger partial charge in [-0.05, 0) is 47.5 Å². The summed E-state index contributed by atoms with van der Waals surface area (Å²) in [5.74, 6) is 0.352. The number of fused-ring (bicyclic) bond motifs is 2. The number of amides is 1. The minimum Gasteiger partial charge on any atom is -0.493 e. The van der Waals surface area contributed by atoms with E-state index in [2.05, 4.69) is 5.32 Å². The Bertz CT molecular complexity index is 795. The van der Waals surface area contributed by atoms with Crippen molar-refractivity contribution in [2.45, 2.75) is 6.42 Å². The van der Waals surface area contributed by atoms with Gasteiger partial charge in [0.05, 0.1) is 6.61 Å². The van der Waals surface area contributed by atoms with Crippen molar-refractivity contribution < 1.29 is 13.9 Å². The van der Waals surface area contributed by atoms with Gasteiger partial charge in [-0.2, -0.15) is 0 Å². The van der Waals surface area contributed by atoms with Crippen molar-refractivity contribution in [3.63, 3.8) is 0 Å². The lowest BCUT2D eigenvalue weighted by Crippen LogP contribution is -2.03. The van der Waals surface area contributed by atoms with Gasteiger partial charge in [-0.25, -0.2) is 4.39 Å². The summed E-state index contributed by atoms with van der Waals surface area (Å²) in [6.07, 6.45) is 2.67. The second-order valence-corrected chi connectivity index (χ2v) is 5.17. The molecule has 0 bridgehead atoms. The first-order valence-corrected chi connectivity index (χ1v) is 6.79. The third-order valence-electron chi connectivity index (χ3n) is 3.79. The lowest BCUT2D eigenvalue weighted by atomic mass is 10.0. The van der Waals surface area contributed by atoms with E-state index in [9.17, 15) is 9.18 Å². The van der Waals surface area contributed by atoms with Gasteiger partial charge in [-0.1, -0.05) is 6.07 Å². The number of anilines is 1. The van der Waals surface area contributed by atoms with Crippen LogP contribution in [0.5, 0.6) is 5.75 Å². The predicted octanol–water partition coefficient (Wildman–Crippen LogP) is 3.25. The molecule has 4 heteroatoms. The summed E-state index contributed by atoms with van der Waals surface area (Å²) in [6, 6.07) is 10.1. The maximum absolute atomic E-state index is 13.4. The third kappa shape index (κ3) is 2.00. The van der Waals surface area contributed by atoms with Gasteiger partial charge in [0, 0.05) is 23.2 Å². The quantitative estimate of drug-likeness (QED) is 0.815. The van der Waals surface area contributed by atoms with E-state index in [0.717, 1.165) is 23.3 Å². The number of hydrogen-bond donors (Lipinski definition) is 1. The van der Waals surface area contributed by atoms with Crippen LogP contribution in [0.25, 0.3) is 11.6 Å². The Labute approximate surface area is 121 Å². The van der Waals surface area contributed by atoms with Crippen molar-refractivity contribution in [3.8, 4) is 5.75 Å². The van der Waals surface area contributed by atoms with Crippen molar-refractivity contribution in [1.29, 1.82) is 0 Å². The summed E-state index contributed by atoms with van der Waals surface area (Å²) < 4.78 is 18.9. The van der Waals surface area contributed by atoms with Crippen LogP contribution in [0.4, 0.5) is 10.1 Å². The van der Waals surface area contributed by atoms with Crippen LogP contribution in [-0.4, -0.2) is 12.5 Å². The predicted molar refractivity (Wildman–Crippen MR) is 78.5 cm³/mol. The van der Waals surface area contributed by atoms with Crippen LogP contribution in [0.2, 0.25) is 0 Å². The summed E-state index contributed by atoms with van der Waals surface area (Å²) >= 11 is 0. The molecule has 3 nitrogen and oxygen atoms in total. The lowest BCUT2D eigenvalue weighted by Gasteiger charge is -2.02. The molecule has 1 amide bonds. The minimum absolute atomic E-state index is 0.202. The minimum atomic E-state index is -0.349. The molecule has 104 valence electrons. The Morgan fingerprint density at radius 1 is 1.19 bits per heavy atom. The Morgan fingerprint density at radius 2 is 2.10 bits per heavy atom. The smallest absolute Gasteiger partial charge is 0.256 e. The van der Waals surface area contributed by atoms with Gasteiger partial charge >= 0.3 is 0 Å². The molecule has 0 aromatic heterocycles. The van der Waals surface area contributed by atoms with Gasteiger partial charge < -0.3 is 10.1 Å². The molecule has 2 aromatic rings. The van der Waals surface area contributed by atoms with Crippen LogP contribution in [0.1, 0.15) is 16.7 Å². The van der Waals surface area contributed by atoms with E-state index in [4.69, 9.17) is 4.74 Å². The average molecular weight is 281 g/mol. The fraction of sp³-hybridized carbons (Fsp3) is 0.118. The van der Waals surface area contributed by atoms with Gasteiger partial charge in [0.15, 0.2) is 0 Å². The highest BCUT2D eigenvalue weighted by molar-refractivity contribution is 6.34. The molecule has 2 aliphatic heterocycles. The molecule has 0 saturated heterocycles. The maximum Gasteiger partial charge on any atom is 0.256 e. The van der Waals surface area contributed by atoms with E-state index in [1.165, 1.54) is 12.1 Å². The number of benzene rings is 2. The van der Waals surface area contributed by atoms with Crippen LogP contribution in [0.3, 0.4) is 0 Å². The molecule has 2 aliphatic rings. The number of hydrogen-bond acceptors (Lipinski definition) is 2. The SMILES string of the molecule is O=C1Nc2ccc(F)cc2/C1=C\c1ccc2c(c1)CCO2. The molecule has 2 heterocycles. The molecular formula is C17H12FNO2. The first-order valence-electron chi connectivity index (χ1n) is 6.79. The summed E-state index contributed by atoms with van der Waals surface area (Å²) in [7, 11) is 0. The lowest BCUT2D eigenvalue weighted by molar-refractivity contribution is -0.110. The molecule has 0 spiro atoms. The van der Waals surface area contributed by atoms with Crippen LogP contribution >= 0.6 is 0 Å². The van der Waals surface area contributed by atoms with E-state index in [-0.39, 0.29) is 11.7 Å². The third-order valence-corrected chi connectivity index (χ3v) is 3.79. The Morgan fingerprint density at radius 3 is 3.00 bits per heavy atom. The fourth-order valence-electron chi connectivity index (χ4n) is 2.77. The van der Waals surface area contributed by atoms with E-state index >= 15 is 0 Å². The standard InChI is InChI=1S/C17H12FNO2/c18-12-2-3-15-13(9-12)14(17(20)19-15)8-10-1-4-16-11(7-10)5-6-21-16/h1-4,7-9H,5-6H2,(H,19,20)/b14-8+. The molecule has 4 rings (SSSR count). The molecule has 1 N–H and O–H groups in total. The topological polar surface area (TPSA) is 38.3 Å². The van der Waals surface area contributed by atoms with Crippen LogP contribution < -0.4 is 10.1 Å². The molecule has 0 saturated carbocycles. The second-order valence-electron chi connectivity index (χ2n) is 5.17. The number of carbonyl (C=O) groups is 1. The monoisotopic (exact) mass is 281 g/mol. The van der Waals surface area contributed by atoms with Gasteiger partial charge in [0.1, 0.15) is 11.6 Å². The molecule has 0 radical (unpaired) electrons. The van der Waals surface area contributed by atoms with Crippen LogP contribution in [0.15, 0.2) is 36.4 Å². The van der Waals surface area contributed by atoms with Gasteiger partial charge in [-0.15, -0.1) is 0 Å². The summed E-state index contributed by atoms with van der Waals surface area (Å²) in [5, 5.41) is 2.75. The Balaban J connectivity index is 1.80. The zero-order valence-corrected chi connectivity index (χ0v) is 11.2. The van der Waals surface area contributed by atoms with E-state index in [0.29, 0.717) is 23.4 Å². The second kappa shape index (κ2) is 4.45. The van der Waals surface area contributed by atoms with E-state index < -0.39 is 0 Å². The highest BCUT2D eigenvalue weighted by Gasteiger charge is 2.24. The molecule has 21 heavy (non-hydrogen) atoms. The van der Waals surface area contributed by atoms with E-state index in [1.807, 2.05) is 18.2 Å². The van der Waals surface area contributed by atoms with Crippen molar-refractivity contribution in [2.24, 2.45) is 0 Å². The highest BCUT2D eigenvalue weighted by Crippen LogP contribution is 2.34. The first-order chi connectivity index (χ1) is 10.2. The van der Waals surface area contributed by atoms with Crippen molar-refractivity contribution in [2.75, 3.05) is 11.9 Å². The number of carbonyl (C=O) groups excluding carboxylic acids is 1. The zero-order chi connectivity index (χ0) is 14.4. The molecule has 0 fully saturated rings. The molecular weight excluding hydrogens is 269 g/mol. The first kappa shape index (κ1) is 12.1. The summed E-state index contributed by atoms with van der Waals surface area (Å²) in [5.41, 5.74) is 3.81. The number of nitrogens with one attached hydrogen (secondary N) is 1.